The molecule has 6 nitrogen and oxygen atoms in total. The number of aliphatic hydroxyl groups is 1. The molecule has 0 aliphatic carbocycles. The maximum atomic E-state index is 12.3. The molecule has 0 heterocycles. The third-order valence-electron chi connectivity index (χ3n) is 3.13. The summed E-state index contributed by atoms with van der Waals surface area (Å²) >= 11 is 0. The third kappa shape index (κ3) is 4.26. The third-order valence-corrected chi connectivity index (χ3v) is 4.96. The molecule has 1 rings (SSSR count). The van der Waals surface area contributed by atoms with E-state index in [1.54, 1.807) is 4.90 Å². The second-order valence-corrected chi connectivity index (χ2v) is 6.93. The number of nitrogens with zero attached hydrogens (tertiary/aromatic N) is 2. The summed E-state index contributed by atoms with van der Waals surface area (Å²) in [5, 5.41) is 8.83. The molecular weight excluding hydrogens is 292 g/mol. The van der Waals surface area contributed by atoms with Crippen molar-refractivity contribution in [2.45, 2.75) is 18.2 Å². The minimum absolute atomic E-state index is 0.0315. The second-order valence-electron chi connectivity index (χ2n) is 4.77. The highest BCUT2D eigenvalue weighted by Crippen LogP contribution is 2.15. The fraction of sp³-hybridized carbons (Fsp3) is 0.500. The molecule has 0 unspecified atom stereocenters. The Morgan fingerprint density at radius 2 is 1.76 bits per heavy atom. The molecule has 0 bridgehead atoms. The first-order valence-electron chi connectivity index (χ1n) is 6.77. The Morgan fingerprint density at radius 3 is 2.19 bits per heavy atom. The first kappa shape index (κ1) is 17.6. The molecule has 1 aromatic rings. The fourth-order valence-electron chi connectivity index (χ4n) is 1.83. The van der Waals surface area contributed by atoms with E-state index in [2.05, 4.69) is 0 Å². The van der Waals surface area contributed by atoms with E-state index in [9.17, 15) is 13.2 Å². The van der Waals surface area contributed by atoms with Crippen molar-refractivity contribution in [1.29, 1.82) is 0 Å². The molecule has 0 atom stereocenters. The lowest BCUT2D eigenvalue weighted by Crippen LogP contribution is -2.32. The maximum Gasteiger partial charge on any atom is 0.253 e. The number of benzene rings is 1. The Balaban J connectivity index is 2.94. The molecule has 0 aliphatic rings. The molecule has 0 aliphatic heterocycles. The summed E-state index contributed by atoms with van der Waals surface area (Å²) in [5.74, 6) is -0.167. The van der Waals surface area contributed by atoms with Gasteiger partial charge in [-0.1, -0.05) is 0 Å². The van der Waals surface area contributed by atoms with Gasteiger partial charge in [0.15, 0.2) is 0 Å². The van der Waals surface area contributed by atoms with Crippen LogP contribution in [-0.2, 0) is 10.0 Å². The highest BCUT2D eigenvalue weighted by molar-refractivity contribution is 7.89. The van der Waals surface area contributed by atoms with Crippen LogP contribution < -0.4 is 0 Å². The highest BCUT2D eigenvalue weighted by atomic mass is 32.2. The Bertz CT molecular complexity index is 567. The van der Waals surface area contributed by atoms with Crippen LogP contribution in [0.2, 0.25) is 0 Å². The molecule has 1 aromatic carbocycles. The summed E-state index contributed by atoms with van der Waals surface area (Å²) in [4.78, 5) is 14.0. The van der Waals surface area contributed by atoms with Crippen LogP contribution in [0.3, 0.4) is 0 Å². The van der Waals surface area contributed by atoms with Crippen LogP contribution >= 0.6 is 0 Å². The van der Waals surface area contributed by atoms with Crippen molar-refractivity contribution < 1.29 is 18.3 Å². The molecule has 0 spiro atoms. The topological polar surface area (TPSA) is 77.9 Å². The van der Waals surface area contributed by atoms with Crippen LogP contribution in [0.5, 0.6) is 0 Å². The van der Waals surface area contributed by atoms with Crippen LogP contribution in [-0.4, -0.2) is 62.4 Å². The van der Waals surface area contributed by atoms with Crippen molar-refractivity contribution in [1.82, 2.24) is 9.21 Å². The van der Waals surface area contributed by atoms with Crippen LogP contribution in [0.1, 0.15) is 23.7 Å². The monoisotopic (exact) mass is 314 g/mol. The largest absolute Gasteiger partial charge is 0.396 e. The lowest BCUT2D eigenvalue weighted by atomic mass is 10.2. The van der Waals surface area contributed by atoms with Crippen molar-refractivity contribution in [2.75, 3.05) is 33.8 Å². The molecule has 7 heteroatoms. The summed E-state index contributed by atoms with van der Waals surface area (Å²) in [6.07, 6.45) is 0.521. The van der Waals surface area contributed by atoms with Gasteiger partial charge in [0.2, 0.25) is 10.0 Å². The van der Waals surface area contributed by atoms with Gasteiger partial charge in [-0.25, -0.2) is 12.7 Å². The zero-order valence-electron chi connectivity index (χ0n) is 12.6. The van der Waals surface area contributed by atoms with Gasteiger partial charge in [0.05, 0.1) is 4.90 Å². The number of sulfonamides is 1. The van der Waals surface area contributed by atoms with Gasteiger partial charge in [-0.05, 0) is 37.6 Å². The molecule has 0 saturated heterocycles. The molecule has 0 aromatic heterocycles. The number of hydrogen-bond acceptors (Lipinski definition) is 4. The number of amides is 1. The fourth-order valence-corrected chi connectivity index (χ4v) is 2.73. The molecular formula is C14H22N2O4S. The highest BCUT2D eigenvalue weighted by Gasteiger charge is 2.19. The Hall–Kier alpha value is -1.44. The van der Waals surface area contributed by atoms with Crippen LogP contribution in [0.15, 0.2) is 29.2 Å². The van der Waals surface area contributed by atoms with E-state index < -0.39 is 10.0 Å². The first-order valence-corrected chi connectivity index (χ1v) is 8.21. The Labute approximate surface area is 126 Å². The van der Waals surface area contributed by atoms with Gasteiger partial charge in [0.25, 0.3) is 5.91 Å². The Kier molecular flexibility index (Phi) is 6.32. The maximum absolute atomic E-state index is 12.3. The van der Waals surface area contributed by atoms with Gasteiger partial charge in [0.1, 0.15) is 0 Å². The number of aliphatic hydroxyl groups excluding tert-OH is 1. The minimum Gasteiger partial charge on any atom is -0.396 e. The van der Waals surface area contributed by atoms with Crippen molar-refractivity contribution in [2.24, 2.45) is 0 Å². The standard InChI is InChI=1S/C14H22N2O4S/c1-4-16(10-5-11-17)14(18)12-6-8-13(9-7-12)21(19,20)15(2)3/h6-9,17H,4-5,10-11H2,1-3H3. The summed E-state index contributed by atoms with van der Waals surface area (Å²) in [6, 6.07) is 5.89. The van der Waals surface area contributed by atoms with Crippen molar-refractivity contribution in [3.63, 3.8) is 0 Å². The number of hydrogen-bond donors (Lipinski definition) is 1. The van der Waals surface area contributed by atoms with Gasteiger partial charge < -0.3 is 10.0 Å². The zero-order valence-corrected chi connectivity index (χ0v) is 13.4. The molecule has 1 amide bonds. The zero-order chi connectivity index (χ0) is 16.0. The average molecular weight is 314 g/mol. The SMILES string of the molecule is CCN(CCCO)C(=O)c1ccc(S(=O)(=O)N(C)C)cc1. The average Bonchev–Trinajstić information content (AvgIpc) is 2.47. The van der Waals surface area contributed by atoms with Gasteiger partial charge >= 0.3 is 0 Å². The number of carbonyl (C=O) groups excluding carboxylic acids is 1. The molecule has 0 radical (unpaired) electrons. The first-order chi connectivity index (χ1) is 9.84. The van der Waals surface area contributed by atoms with Crippen LogP contribution in [0, 0.1) is 0 Å². The lowest BCUT2D eigenvalue weighted by molar-refractivity contribution is 0.0754. The molecule has 118 valence electrons. The van der Waals surface area contributed by atoms with E-state index in [4.69, 9.17) is 5.11 Å². The second kappa shape index (κ2) is 7.53. The summed E-state index contributed by atoms with van der Waals surface area (Å²) < 4.78 is 25.0. The molecule has 1 N–H and O–H groups in total. The van der Waals surface area contributed by atoms with Crippen molar-refractivity contribution in [3.05, 3.63) is 29.8 Å². The van der Waals surface area contributed by atoms with E-state index in [-0.39, 0.29) is 17.4 Å². The smallest absolute Gasteiger partial charge is 0.253 e. The predicted octanol–water partition coefficient (Wildman–Crippen LogP) is 0.781. The van der Waals surface area contributed by atoms with Crippen LogP contribution in [0.4, 0.5) is 0 Å². The molecule has 21 heavy (non-hydrogen) atoms. The van der Waals surface area contributed by atoms with Gasteiger partial charge in [0, 0.05) is 39.4 Å². The lowest BCUT2D eigenvalue weighted by Gasteiger charge is -2.20. The van der Waals surface area contributed by atoms with Gasteiger partial charge in [-0.3, -0.25) is 4.79 Å². The molecule has 0 fully saturated rings. The number of rotatable bonds is 7. The van der Waals surface area contributed by atoms with E-state index in [1.165, 1.54) is 38.4 Å². The van der Waals surface area contributed by atoms with Crippen LogP contribution in [0.25, 0.3) is 0 Å². The van der Waals surface area contributed by atoms with Gasteiger partial charge in [-0.15, -0.1) is 0 Å². The summed E-state index contributed by atoms with van der Waals surface area (Å²) in [7, 11) is -0.563. The quantitative estimate of drug-likeness (QED) is 0.807. The van der Waals surface area contributed by atoms with E-state index in [1.807, 2.05) is 6.92 Å². The summed E-state index contributed by atoms with van der Waals surface area (Å²) in [6.45, 7) is 2.91. The van der Waals surface area contributed by atoms with Gasteiger partial charge in [-0.2, -0.15) is 0 Å². The van der Waals surface area contributed by atoms with E-state index in [0.717, 1.165) is 4.31 Å². The summed E-state index contributed by atoms with van der Waals surface area (Å²) in [5.41, 5.74) is 0.437. The van der Waals surface area contributed by atoms with Crippen molar-refractivity contribution >= 4 is 15.9 Å². The van der Waals surface area contributed by atoms with Crippen molar-refractivity contribution in [3.8, 4) is 0 Å². The normalized spacial score (nSPS) is 11.7. The molecule has 0 saturated carbocycles. The Morgan fingerprint density at radius 1 is 1.19 bits per heavy atom. The predicted molar refractivity (Wildman–Crippen MR) is 80.6 cm³/mol. The number of carbonyl (C=O) groups is 1. The van der Waals surface area contributed by atoms with E-state index >= 15 is 0 Å². The van der Waals surface area contributed by atoms with E-state index in [0.29, 0.717) is 25.1 Å². The minimum atomic E-state index is -3.48.